The summed E-state index contributed by atoms with van der Waals surface area (Å²) in [6.45, 7) is 1.74. The summed E-state index contributed by atoms with van der Waals surface area (Å²) < 4.78 is 13.3. The predicted molar refractivity (Wildman–Crippen MR) is 46.2 cm³/mol. The monoisotopic (exact) mass is 178 g/mol. The summed E-state index contributed by atoms with van der Waals surface area (Å²) in [4.78, 5) is 10.4. The number of rotatable bonds is 1. The van der Waals surface area contributed by atoms with Crippen LogP contribution in [-0.4, -0.2) is 16.5 Å². The van der Waals surface area contributed by atoms with Gasteiger partial charge in [0.1, 0.15) is 12.1 Å². The zero-order chi connectivity index (χ0) is 9.42. The lowest BCUT2D eigenvalue weighted by Crippen LogP contribution is -1.84. The molecule has 0 saturated heterocycles. The average Bonchev–Trinajstić information content (AvgIpc) is 2.48. The Bertz CT molecular complexity index is 476. The van der Waals surface area contributed by atoms with Crippen molar-refractivity contribution >= 4 is 17.2 Å². The first-order valence-corrected chi connectivity index (χ1v) is 3.82. The van der Waals surface area contributed by atoms with Crippen molar-refractivity contribution in [1.82, 2.24) is 10.2 Å². The van der Waals surface area contributed by atoms with Gasteiger partial charge in [-0.2, -0.15) is 5.10 Å². The van der Waals surface area contributed by atoms with Crippen molar-refractivity contribution in [3.63, 3.8) is 0 Å². The van der Waals surface area contributed by atoms with Gasteiger partial charge in [-0.05, 0) is 19.1 Å². The number of aldehydes is 1. The van der Waals surface area contributed by atoms with Crippen molar-refractivity contribution < 1.29 is 9.18 Å². The van der Waals surface area contributed by atoms with Gasteiger partial charge in [-0.15, -0.1) is 0 Å². The van der Waals surface area contributed by atoms with Gasteiger partial charge in [-0.1, -0.05) is 0 Å². The molecule has 1 N–H and O–H groups in total. The number of carbonyl (C=O) groups is 1. The van der Waals surface area contributed by atoms with Gasteiger partial charge >= 0.3 is 0 Å². The molecule has 0 amide bonds. The molecule has 1 aromatic carbocycles. The van der Waals surface area contributed by atoms with E-state index in [1.807, 2.05) is 0 Å². The van der Waals surface area contributed by atoms with E-state index in [9.17, 15) is 9.18 Å². The molecule has 2 aromatic rings. The Hall–Kier alpha value is -1.71. The number of hydrogen-bond donors (Lipinski definition) is 1. The first-order valence-electron chi connectivity index (χ1n) is 3.82. The maximum atomic E-state index is 13.3. The normalized spacial score (nSPS) is 10.6. The van der Waals surface area contributed by atoms with Crippen molar-refractivity contribution in [3.8, 4) is 0 Å². The number of nitrogens with zero attached hydrogens (tertiary/aromatic N) is 1. The van der Waals surface area contributed by atoms with Gasteiger partial charge < -0.3 is 0 Å². The third kappa shape index (κ3) is 1.11. The maximum Gasteiger partial charge on any atom is 0.150 e. The molecule has 13 heavy (non-hydrogen) atoms. The Morgan fingerprint density at radius 2 is 2.31 bits per heavy atom. The van der Waals surface area contributed by atoms with Crippen molar-refractivity contribution in [3.05, 3.63) is 29.2 Å². The highest BCUT2D eigenvalue weighted by Gasteiger charge is 2.08. The Morgan fingerprint density at radius 3 is 3.00 bits per heavy atom. The number of halogens is 1. The minimum Gasteiger partial charge on any atom is -0.298 e. The fraction of sp³-hybridized carbons (Fsp3) is 0.111. The summed E-state index contributed by atoms with van der Waals surface area (Å²) >= 11 is 0. The minimum atomic E-state index is -0.411. The van der Waals surface area contributed by atoms with E-state index in [1.165, 1.54) is 6.07 Å². The van der Waals surface area contributed by atoms with E-state index in [2.05, 4.69) is 10.2 Å². The summed E-state index contributed by atoms with van der Waals surface area (Å²) in [5.41, 5.74) is 1.46. The average molecular weight is 178 g/mol. The Balaban J connectivity index is 2.86. The predicted octanol–water partition coefficient (Wildman–Crippen LogP) is 1.82. The summed E-state index contributed by atoms with van der Waals surface area (Å²) in [7, 11) is 0. The van der Waals surface area contributed by atoms with Crippen LogP contribution in [0.25, 0.3) is 10.9 Å². The number of aryl methyl sites for hydroxylation is 1. The van der Waals surface area contributed by atoms with Crippen LogP contribution in [0.3, 0.4) is 0 Å². The highest BCUT2D eigenvalue weighted by Crippen LogP contribution is 2.20. The molecule has 1 heterocycles. The van der Waals surface area contributed by atoms with Crippen LogP contribution in [0.2, 0.25) is 0 Å². The molecule has 3 nitrogen and oxygen atoms in total. The second kappa shape index (κ2) is 2.65. The smallest absolute Gasteiger partial charge is 0.150 e. The largest absolute Gasteiger partial charge is 0.298 e. The molecule has 0 radical (unpaired) electrons. The lowest BCUT2D eigenvalue weighted by molar-refractivity contribution is 0.112. The van der Waals surface area contributed by atoms with Crippen LogP contribution in [0.4, 0.5) is 4.39 Å². The quantitative estimate of drug-likeness (QED) is 0.677. The van der Waals surface area contributed by atoms with Crippen molar-refractivity contribution in [2.24, 2.45) is 0 Å². The Kier molecular flexibility index (Phi) is 1.62. The zero-order valence-electron chi connectivity index (χ0n) is 6.97. The van der Waals surface area contributed by atoms with Gasteiger partial charge in [-0.3, -0.25) is 9.89 Å². The third-order valence-electron chi connectivity index (χ3n) is 1.95. The van der Waals surface area contributed by atoms with Crippen LogP contribution in [0.5, 0.6) is 0 Å². The molecule has 0 aliphatic rings. The Labute approximate surface area is 73.6 Å². The number of fused-ring (bicyclic) bond motifs is 1. The molecular weight excluding hydrogens is 171 g/mol. The number of benzene rings is 1. The summed E-state index contributed by atoms with van der Waals surface area (Å²) in [5.74, 6) is -0.411. The molecule has 0 atom stereocenters. The van der Waals surface area contributed by atoms with Gasteiger partial charge in [-0.25, -0.2) is 4.39 Å². The molecule has 1 aromatic heterocycles. The van der Waals surface area contributed by atoms with Crippen molar-refractivity contribution in [1.29, 1.82) is 0 Å². The fourth-order valence-electron chi connectivity index (χ4n) is 1.34. The number of carbonyl (C=O) groups excluding carboxylic acids is 1. The van der Waals surface area contributed by atoms with Gasteiger partial charge in [0.25, 0.3) is 0 Å². The molecule has 0 bridgehead atoms. The molecule has 0 aliphatic heterocycles. The molecule has 66 valence electrons. The van der Waals surface area contributed by atoms with Crippen LogP contribution < -0.4 is 0 Å². The van der Waals surface area contributed by atoms with E-state index in [-0.39, 0.29) is 0 Å². The maximum absolute atomic E-state index is 13.3. The highest BCUT2D eigenvalue weighted by molar-refractivity contribution is 5.88. The number of hydrogen-bond acceptors (Lipinski definition) is 2. The van der Waals surface area contributed by atoms with E-state index >= 15 is 0 Å². The third-order valence-corrected chi connectivity index (χ3v) is 1.95. The van der Waals surface area contributed by atoms with Gasteiger partial charge in [0, 0.05) is 11.3 Å². The summed E-state index contributed by atoms with van der Waals surface area (Å²) in [5, 5.41) is 6.98. The van der Waals surface area contributed by atoms with Crippen LogP contribution in [0, 0.1) is 12.7 Å². The fourth-order valence-corrected chi connectivity index (χ4v) is 1.34. The SMILES string of the molecule is Cc1[nH]nc2cc(C=O)cc(F)c12. The van der Waals surface area contributed by atoms with Gasteiger partial charge in [0.05, 0.1) is 10.9 Å². The molecule has 0 spiro atoms. The minimum absolute atomic E-state index is 0.302. The summed E-state index contributed by atoms with van der Waals surface area (Å²) in [6, 6.07) is 2.76. The summed E-state index contributed by atoms with van der Waals surface area (Å²) in [6.07, 6.45) is 0.604. The van der Waals surface area contributed by atoms with Crippen LogP contribution in [0.1, 0.15) is 16.1 Å². The van der Waals surface area contributed by atoms with Crippen molar-refractivity contribution in [2.45, 2.75) is 6.92 Å². The number of H-pyrrole nitrogens is 1. The molecule has 0 unspecified atom stereocenters. The topological polar surface area (TPSA) is 45.8 Å². The second-order valence-electron chi connectivity index (χ2n) is 2.86. The van der Waals surface area contributed by atoms with E-state index in [1.54, 1.807) is 13.0 Å². The van der Waals surface area contributed by atoms with Gasteiger partial charge in [0.15, 0.2) is 0 Å². The second-order valence-corrected chi connectivity index (χ2v) is 2.86. The highest BCUT2D eigenvalue weighted by atomic mass is 19.1. The molecule has 0 fully saturated rings. The molecule has 2 rings (SSSR count). The first-order chi connectivity index (χ1) is 6.22. The molecule has 0 saturated carbocycles. The van der Waals surface area contributed by atoms with Crippen LogP contribution in [0.15, 0.2) is 12.1 Å². The number of aromatic amines is 1. The van der Waals surface area contributed by atoms with E-state index in [0.29, 0.717) is 28.4 Å². The first kappa shape index (κ1) is 7.91. The zero-order valence-corrected chi connectivity index (χ0v) is 6.97. The van der Waals surface area contributed by atoms with E-state index < -0.39 is 5.82 Å². The molecule has 0 aliphatic carbocycles. The molecular formula is C9H7FN2O. The van der Waals surface area contributed by atoms with Crippen molar-refractivity contribution in [2.75, 3.05) is 0 Å². The molecule has 4 heteroatoms. The van der Waals surface area contributed by atoms with Crippen LogP contribution in [-0.2, 0) is 0 Å². The number of nitrogens with one attached hydrogen (secondary N) is 1. The standard InChI is InChI=1S/C9H7FN2O/c1-5-9-7(10)2-6(4-13)3-8(9)12-11-5/h2-4H,1H3,(H,11,12). The van der Waals surface area contributed by atoms with E-state index in [0.717, 1.165) is 0 Å². The lowest BCUT2D eigenvalue weighted by Gasteiger charge is -1.94. The van der Waals surface area contributed by atoms with Crippen LogP contribution >= 0.6 is 0 Å². The lowest BCUT2D eigenvalue weighted by atomic mass is 10.1. The van der Waals surface area contributed by atoms with E-state index in [4.69, 9.17) is 0 Å². The van der Waals surface area contributed by atoms with Gasteiger partial charge in [0.2, 0.25) is 0 Å². The number of aromatic nitrogens is 2. The Morgan fingerprint density at radius 1 is 1.54 bits per heavy atom.